The summed E-state index contributed by atoms with van der Waals surface area (Å²) in [6.07, 6.45) is 1.65. The first-order valence-corrected chi connectivity index (χ1v) is 10.4. The number of nitrogens with one attached hydrogen (secondary N) is 1. The molecule has 10 heteroatoms. The molecule has 0 saturated carbocycles. The van der Waals surface area contributed by atoms with Crippen molar-refractivity contribution in [2.24, 2.45) is 5.11 Å². The van der Waals surface area contributed by atoms with Crippen LogP contribution in [0.4, 0.5) is 0 Å². The zero-order valence-electron chi connectivity index (χ0n) is 16.3. The molecule has 30 heavy (non-hydrogen) atoms. The van der Waals surface area contributed by atoms with Gasteiger partial charge in [0.15, 0.2) is 0 Å². The minimum absolute atomic E-state index is 0.0653. The smallest absolute Gasteiger partial charge is 0.324 e. The van der Waals surface area contributed by atoms with E-state index in [1.165, 1.54) is 0 Å². The van der Waals surface area contributed by atoms with Gasteiger partial charge < -0.3 is 14.0 Å². The molecule has 0 aromatic heterocycles. The van der Waals surface area contributed by atoms with E-state index in [1.807, 2.05) is 30.3 Å². The van der Waals surface area contributed by atoms with Crippen LogP contribution in [0.3, 0.4) is 0 Å². The van der Waals surface area contributed by atoms with E-state index in [9.17, 15) is 13.6 Å². The highest BCUT2D eigenvalue weighted by atomic mass is 32.2. The van der Waals surface area contributed by atoms with Gasteiger partial charge in [-0.1, -0.05) is 47.6 Å². The molecule has 160 valence electrons. The van der Waals surface area contributed by atoms with E-state index in [4.69, 9.17) is 15.0 Å². The number of hydrogen-bond donors (Lipinski definition) is 1. The molecule has 0 fully saturated rings. The average Bonchev–Trinajstić information content (AvgIpc) is 2.75. The third-order valence-corrected chi connectivity index (χ3v) is 4.57. The minimum atomic E-state index is -2.61. The molecule has 0 saturated heterocycles. The molecule has 0 heterocycles. The highest BCUT2D eigenvalue weighted by molar-refractivity contribution is 7.77. The van der Waals surface area contributed by atoms with Crippen LogP contribution in [0.2, 0.25) is 0 Å². The highest BCUT2D eigenvalue weighted by Gasteiger charge is 2.21. The van der Waals surface area contributed by atoms with E-state index >= 15 is 0 Å². The number of carbonyl (C=O) groups is 1. The van der Waals surface area contributed by atoms with Gasteiger partial charge in [0.05, 0.1) is 6.61 Å². The zero-order chi connectivity index (χ0) is 21.6. The van der Waals surface area contributed by atoms with Crippen LogP contribution >= 0.6 is 0 Å². The number of ether oxygens (including phenoxy) is 2. The lowest BCUT2D eigenvalue weighted by atomic mass is 10.1. The Labute approximate surface area is 177 Å². The van der Waals surface area contributed by atoms with Crippen LogP contribution in [-0.2, 0) is 33.8 Å². The van der Waals surface area contributed by atoms with Crippen molar-refractivity contribution >= 4 is 17.2 Å². The second-order valence-electron chi connectivity index (χ2n) is 6.36. The Hall–Kier alpha value is -2.91. The summed E-state index contributed by atoms with van der Waals surface area (Å²) in [5, 5.41) is 3.46. The SMILES string of the molecule is [N-]=[N+]=NCCCCOc1ccc(CC(NS(=O)[O-])C(=O)OCc2ccccc2)cc1. The van der Waals surface area contributed by atoms with Crippen molar-refractivity contribution in [2.75, 3.05) is 13.2 Å². The summed E-state index contributed by atoms with van der Waals surface area (Å²) in [6, 6.07) is 15.2. The quantitative estimate of drug-likeness (QED) is 0.130. The van der Waals surface area contributed by atoms with Crippen LogP contribution in [0, 0.1) is 0 Å². The maximum atomic E-state index is 12.4. The fraction of sp³-hybridized carbons (Fsp3) is 0.350. The van der Waals surface area contributed by atoms with Gasteiger partial charge in [-0.05, 0) is 48.1 Å². The van der Waals surface area contributed by atoms with Crippen molar-refractivity contribution in [2.45, 2.75) is 31.9 Å². The predicted molar refractivity (Wildman–Crippen MR) is 111 cm³/mol. The molecule has 0 radical (unpaired) electrons. The second-order valence-corrected chi connectivity index (χ2v) is 7.06. The summed E-state index contributed by atoms with van der Waals surface area (Å²) in [7, 11) is 0. The van der Waals surface area contributed by atoms with Crippen molar-refractivity contribution in [3.63, 3.8) is 0 Å². The maximum absolute atomic E-state index is 12.4. The molecule has 0 aliphatic carbocycles. The summed E-state index contributed by atoms with van der Waals surface area (Å²) >= 11 is -2.61. The van der Waals surface area contributed by atoms with Crippen LogP contribution in [0.15, 0.2) is 59.7 Å². The van der Waals surface area contributed by atoms with E-state index in [0.29, 0.717) is 18.9 Å². The Balaban J connectivity index is 1.86. The second kappa shape index (κ2) is 13.3. The van der Waals surface area contributed by atoms with Crippen LogP contribution in [0.5, 0.6) is 5.75 Å². The van der Waals surface area contributed by atoms with Gasteiger partial charge in [0.2, 0.25) is 0 Å². The summed E-state index contributed by atoms with van der Waals surface area (Å²) in [6.45, 7) is 0.996. The van der Waals surface area contributed by atoms with Gasteiger partial charge in [-0.3, -0.25) is 9.00 Å². The summed E-state index contributed by atoms with van der Waals surface area (Å²) < 4.78 is 35.2. The van der Waals surface area contributed by atoms with E-state index in [1.54, 1.807) is 24.3 Å². The van der Waals surface area contributed by atoms with Crippen molar-refractivity contribution < 1.29 is 23.0 Å². The lowest BCUT2D eigenvalue weighted by Gasteiger charge is -2.19. The maximum Gasteiger partial charge on any atom is 0.324 e. The molecular weight excluding hydrogens is 408 g/mol. The molecule has 2 rings (SSSR count). The van der Waals surface area contributed by atoms with Crippen molar-refractivity contribution in [1.29, 1.82) is 0 Å². The van der Waals surface area contributed by atoms with Crippen LogP contribution in [0.1, 0.15) is 24.0 Å². The fourth-order valence-corrected chi connectivity index (χ4v) is 3.01. The fourth-order valence-electron chi connectivity index (χ4n) is 2.60. The largest absolute Gasteiger partial charge is 0.760 e. The normalized spacial score (nSPS) is 12.4. The standard InChI is InChI=1S/C20H24N4O5S/c21-24-22-12-4-5-13-28-18-10-8-16(9-11-18)14-19(23-30(26)27)20(25)29-15-17-6-2-1-3-7-17/h1-3,6-11,19,23H,4-5,12-15H2,(H,26,27)/p-1. The lowest BCUT2D eigenvalue weighted by molar-refractivity contribution is -0.147. The monoisotopic (exact) mass is 431 g/mol. The Morgan fingerprint density at radius 3 is 2.53 bits per heavy atom. The van der Waals surface area contributed by atoms with Gasteiger partial charge in [0.25, 0.3) is 0 Å². The zero-order valence-corrected chi connectivity index (χ0v) is 17.1. The Bertz CT molecular complexity index is 857. The third-order valence-electron chi connectivity index (χ3n) is 4.09. The van der Waals surface area contributed by atoms with Crippen LogP contribution < -0.4 is 9.46 Å². The molecule has 0 aliphatic heterocycles. The number of esters is 1. The van der Waals surface area contributed by atoms with Crippen LogP contribution in [0.25, 0.3) is 10.4 Å². The molecule has 0 spiro atoms. The first kappa shape index (κ1) is 23.4. The van der Waals surface area contributed by atoms with Gasteiger partial charge in [-0.25, -0.2) is 4.72 Å². The average molecular weight is 431 g/mol. The van der Waals surface area contributed by atoms with Gasteiger partial charge in [-0.2, -0.15) is 0 Å². The van der Waals surface area contributed by atoms with E-state index in [-0.39, 0.29) is 13.0 Å². The lowest BCUT2D eigenvalue weighted by Crippen LogP contribution is -2.40. The number of rotatable bonds is 13. The minimum Gasteiger partial charge on any atom is -0.760 e. The van der Waals surface area contributed by atoms with E-state index in [0.717, 1.165) is 24.0 Å². The number of azide groups is 1. The summed E-state index contributed by atoms with van der Waals surface area (Å²) in [5.74, 6) is 0.00880. The molecule has 0 amide bonds. The topological polar surface area (TPSA) is 136 Å². The Morgan fingerprint density at radius 1 is 1.13 bits per heavy atom. The summed E-state index contributed by atoms with van der Waals surface area (Å²) in [5.41, 5.74) is 9.78. The van der Waals surface area contributed by atoms with E-state index < -0.39 is 23.3 Å². The predicted octanol–water partition coefficient (Wildman–Crippen LogP) is 3.19. The number of nitrogens with zero attached hydrogens (tertiary/aromatic N) is 3. The Kier molecular flexibility index (Phi) is 10.4. The number of hydrogen-bond acceptors (Lipinski definition) is 6. The number of carbonyl (C=O) groups excluding carboxylic acids is 1. The van der Waals surface area contributed by atoms with Gasteiger partial charge in [-0.15, -0.1) is 0 Å². The molecular formula is C20H23N4O5S-. The van der Waals surface area contributed by atoms with Gasteiger partial charge >= 0.3 is 5.97 Å². The highest BCUT2D eigenvalue weighted by Crippen LogP contribution is 2.15. The third kappa shape index (κ3) is 9.06. The van der Waals surface area contributed by atoms with Crippen molar-refractivity contribution in [3.05, 3.63) is 76.2 Å². The molecule has 9 nitrogen and oxygen atoms in total. The summed E-state index contributed by atoms with van der Waals surface area (Å²) in [4.78, 5) is 15.0. The first-order valence-electron chi connectivity index (χ1n) is 9.37. The molecule has 2 aromatic carbocycles. The number of benzene rings is 2. The molecule has 2 unspecified atom stereocenters. The van der Waals surface area contributed by atoms with E-state index in [2.05, 4.69) is 14.7 Å². The first-order chi connectivity index (χ1) is 14.6. The van der Waals surface area contributed by atoms with Crippen molar-refractivity contribution in [3.8, 4) is 5.75 Å². The Morgan fingerprint density at radius 2 is 1.87 bits per heavy atom. The van der Waals surface area contributed by atoms with Gasteiger partial charge in [0.1, 0.15) is 18.4 Å². The molecule has 0 bridgehead atoms. The van der Waals surface area contributed by atoms with Crippen LogP contribution in [-0.4, -0.2) is 33.9 Å². The molecule has 1 N–H and O–H groups in total. The molecule has 0 aliphatic rings. The molecule has 2 aromatic rings. The van der Waals surface area contributed by atoms with Gasteiger partial charge in [0, 0.05) is 22.7 Å². The number of unbranched alkanes of at least 4 members (excludes halogenated alkanes) is 1. The van der Waals surface area contributed by atoms with Crippen molar-refractivity contribution in [1.82, 2.24) is 4.72 Å². The molecule has 2 atom stereocenters.